The van der Waals surface area contributed by atoms with Crippen LogP contribution in [0.3, 0.4) is 0 Å². The van der Waals surface area contributed by atoms with Gasteiger partial charge in [0, 0.05) is 11.6 Å². The van der Waals surface area contributed by atoms with Gasteiger partial charge in [0.15, 0.2) is 0 Å². The number of fused-ring (bicyclic) bond motifs is 1. The van der Waals surface area contributed by atoms with Gasteiger partial charge in [-0.05, 0) is 75.8 Å². The van der Waals surface area contributed by atoms with Gasteiger partial charge in [-0.1, -0.05) is 42.0 Å². The Labute approximate surface area is 146 Å². The summed E-state index contributed by atoms with van der Waals surface area (Å²) in [7, 11) is 0. The van der Waals surface area contributed by atoms with Crippen LogP contribution in [0.4, 0.5) is 5.69 Å². The zero-order valence-corrected chi connectivity index (χ0v) is 14.9. The minimum Gasteiger partial charge on any atom is -0.326 e. The highest BCUT2D eigenvalue weighted by molar-refractivity contribution is 5.95. The van der Waals surface area contributed by atoms with Crippen LogP contribution in [0.2, 0.25) is 0 Å². The van der Waals surface area contributed by atoms with Crippen LogP contribution in [0.25, 0.3) is 0 Å². The first-order chi connectivity index (χ1) is 11.7. The summed E-state index contributed by atoms with van der Waals surface area (Å²) in [4.78, 5) is 12.8. The standard InChI is InChI=1S/C22H29NO/c1-16-13-14-20(17(2)15-16)23-22(24)21-18-11-9-7-5-3-4-6-8-10-12-19(18)21/h5-8,13-15,18-19,21H,3-4,9-12H2,1-2H3,(H,23,24)/b7-5-,8-6+/t18-,19+,21?/m1/s1. The van der Waals surface area contributed by atoms with Crippen molar-refractivity contribution in [1.82, 2.24) is 0 Å². The molecular formula is C22H29NO. The second-order valence-corrected chi connectivity index (χ2v) is 7.34. The van der Waals surface area contributed by atoms with Crippen LogP contribution in [0.1, 0.15) is 49.7 Å². The minimum atomic E-state index is 0.202. The second-order valence-electron chi connectivity index (χ2n) is 7.34. The number of nitrogens with one attached hydrogen (secondary N) is 1. The molecule has 2 nitrogen and oxygen atoms in total. The molecule has 0 spiro atoms. The highest BCUT2D eigenvalue weighted by Gasteiger charge is 2.52. The number of anilines is 1. The summed E-state index contributed by atoms with van der Waals surface area (Å²) in [6, 6.07) is 6.22. The van der Waals surface area contributed by atoms with Gasteiger partial charge in [0.2, 0.25) is 5.91 Å². The van der Waals surface area contributed by atoms with Crippen molar-refractivity contribution in [3.8, 4) is 0 Å². The molecule has 1 N–H and O–H groups in total. The van der Waals surface area contributed by atoms with Crippen LogP contribution >= 0.6 is 0 Å². The van der Waals surface area contributed by atoms with Crippen LogP contribution in [0.15, 0.2) is 42.5 Å². The smallest absolute Gasteiger partial charge is 0.228 e. The Morgan fingerprint density at radius 2 is 1.50 bits per heavy atom. The number of carbonyl (C=O) groups is 1. The summed E-state index contributed by atoms with van der Waals surface area (Å²) in [6.45, 7) is 4.15. The number of aryl methyl sites for hydroxylation is 2. The van der Waals surface area contributed by atoms with E-state index >= 15 is 0 Å². The van der Waals surface area contributed by atoms with E-state index in [4.69, 9.17) is 0 Å². The van der Waals surface area contributed by atoms with Gasteiger partial charge >= 0.3 is 0 Å². The Morgan fingerprint density at radius 3 is 2.08 bits per heavy atom. The third kappa shape index (κ3) is 4.17. The Hall–Kier alpha value is -1.83. The maximum atomic E-state index is 12.8. The average Bonchev–Trinajstić information content (AvgIpc) is 3.22. The molecule has 2 aliphatic rings. The monoisotopic (exact) mass is 323 g/mol. The van der Waals surface area contributed by atoms with Gasteiger partial charge in [-0.3, -0.25) is 4.79 Å². The predicted octanol–water partition coefficient (Wildman–Crippen LogP) is 5.57. The number of rotatable bonds is 2. The van der Waals surface area contributed by atoms with Crippen LogP contribution < -0.4 is 5.32 Å². The lowest BCUT2D eigenvalue weighted by Gasteiger charge is -2.09. The van der Waals surface area contributed by atoms with Crippen molar-refractivity contribution in [2.45, 2.75) is 52.4 Å². The first-order valence-corrected chi connectivity index (χ1v) is 9.35. The SMILES string of the molecule is Cc1ccc(NC(=O)C2[C@H]3CC/C=C/CC/C=C\CC[C@@H]23)c(C)c1. The van der Waals surface area contributed by atoms with Crippen LogP contribution in [0, 0.1) is 31.6 Å². The molecule has 1 unspecified atom stereocenters. The molecule has 0 heterocycles. The highest BCUT2D eigenvalue weighted by atomic mass is 16.2. The molecular weight excluding hydrogens is 294 g/mol. The van der Waals surface area contributed by atoms with Crippen molar-refractivity contribution in [2.24, 2.45) is 17.8 Å². The van der Waals surface area contributed by atoms with Crippen molar-refractivity contribution in [2.75, 3.05) is 5.32 Å². The molecule has 24 heavy (non-hydrogen) atoms. The number of hydrogen-bond acceptors (Lipinski definition) is 1. The van der Waals surface area contributed by atoms with Crippen molar-refractivity contribution in [3.63, 3.8) is 0 Å². The van der Waals surface area contributed by atoms with Crippen molar-refractivity contribution in [1.29, 1.82) is 0 Å². The van der Waals surface area contributed by atoms with Gasteiger partial charge in [-0.25, -0.2) is 0 Å². The largest absolute Gasteiger partial charge is 0.326 e. The Morgan fingerprint density at radius 1 is 0.917 bits per heavy atom. The molecule has 1 aromatic rings. The fourth-order valence-corrected chi connectivity index (χ4v) is 4.03. The molecule has 0 radical (unpaired) electrons. The van der Waals surface area contributed by atoms with E-state index < -0.39 is 0 Å². The molecule has 128 valence electrons. The number of benzene rings is 1. The fourth-order valence-electron chi connectivity index (χ4n) is 4.03. The number of hydrogen-bond donors (Lipinski definition) is 1. The Bertz CT molecular complexity index is 619. The lowest BCUT2D eigenvalue weighted by atomic mass is 10.1. The average molecular weight is 323 g/mol. The predicted molar refractivity (Wildman–Crippen MR) is 101 cm³/mol. The molecule has 0 aromatic heterocycles. The quantitative estimate of drug-likeness (QED) is 0.708. The van der Waals surface area contributed by atoms with Crippen LogP contribution in [-0.4, -0.2) is 5.91 Å². The van der Waals surface area contributed by atoms with Gasteiger partial charge in [0.1, 0.15) is 0 Å². The van der Waals surface area contributed by atoms with E-state index in [1.54, 1.807) is 0 Å². The van der Waals surface area contributed by atoms with Crippen LogP contribution in [0.5, 0.6) is 0 Å². The van der Waals surface area contributed by atoms with Gasteiger partial charge in [0.05, 0.1) is 0 Å². The normalized spacial score (nSPS) is 29.5. The minimum absolute atomic E-state index is 0.202. The van der Waals surface area contributed by atoms with Gasteiger partial charge in [-0.15, -0.1) is 0 Å². The zero-order valence-electron chi connectivity index (χ0n) is 14.9. The van der Waals surface area contributed by atoms with E-state index in [9.17, 15) is 4.79 Å². The molecule has 1 aromatic carbocycles. The third-order valence-electron chi connectivity index (χ3n) is 5.44. The molecule has 2 heteroatoms. The summed E-state index contributed by atoms with van der Waals surface area (Å²) in [6.07, 6.45) is 16.0. The molecule has 1 amide bonds. The van der Waals surface area contributed by atoms with Gasteiger partial charge in [-0.2, -0.15) is 0 Å². The molecule has 0 bridgehead atoms. The molecule has 0 saturated heterocycles. The van der Waals surface area contributed by atoms with Gasteiger partial charge < -0.3 is 5.32 Å². The lowest BCUT2D eigenvalue weighted by Crippen LogP contribution is -2.16. The van der Waals surface area contributed by atoms with Crippen molar-refractivity contribution >= 4 is 11.6 Å². The first-order valence-electron chi connectivity index (χ1n) is 9.35. The van der Waals surface area contributed by atoms with Gasteiger partial charge in [0.25, 0.3) is 0 Å². The molecule has 0 aliphatic heterocycles. The summed E-state index contributed by atoms with van der Waals surface area (Å²) in [5.41, 5.74) is 3.35. The van der Waals surface area contributed by atoms with Crippen molar-refractivity contribution < 1.29 is 4.79 Å². The maximum Gasteiger partial charge on any atom is 0.228 e. The zero-order chi connectivity index (χ0) is 16.9. The van der Waals surface area contributed by atoms with E-state index in [0.717, 1.165) is 49.8 Å². The molecule has 3 rings (SSSR count). The summed E-state index contributed by atoms with van der Waals surface area (Å²) in [5.74, 6) is 1.55. The first kappa shape index (κ1) is 17.0. The Balaban J connectivity index is 1.64. The molecule has 1 saturated carbocycles. The van der Waals surface area contributed by atoms with E-state index in [2.05, 4.69) is 55.6 Å². The van der Waals surface area contributed by atoms with E-state index in [1.807, 2.05) is 6.07 Å². The lowest BCUT2D eigenvalue weighted by molar-refractivity contribution is -0.117. The highest BCUT2D eigenvalue weighted by Crippen LogP contribution is 2.52. The number of allylic oxidation sites excluding steroid dienone is 4. The molecule has 3 atom stereocenters. The number of carbonyl (C=O) groups excluding carboxylic acids is 1. The van der Waals surface area contributed by atoms with Crippen LogP contribution in [-0.2, 0) is 4.79 Å². The second kappa shape index (κ2) is 7.83. The van der Waals surface area contributed by atoms with E-state index in [1.165, 1.54) is 5.56 Å². The summed E-state index contributed by atoms with van der Waals surface area (Å²) >= 11 is 0. The Kier molecular flexibility index (Phi) is 5.55. The molecule has 2 aliphatic carbocycles. The van der Waals surface area contributed by atoms with E-state index in [0.29, 0.717) is 11.8 Å². The third-order valence-corrected chi connectivity index (χ3v) is 5.44. The molecule has 1 fully saturated rings. The summed E-state index contributed by atoms with van der Waals surface area (Å²) < 4.78 is 0. The maximum absolute atomic E-state index is 12.8. The topological polar surface area (TPSA) is 29.1 Å². The van der Waals surface area contributed by atoms with Crippen molar-refractivity contribution in [3.05, 3.63) is 53.6 Å². The summed E-state index contributed by atoms with van der Waals surface area (Å²) in [5, 5.41) is 3.18. The van der Waals surface area contributed by atoms with E-state index in [-0.39, 0.29) is 11.8 Å². The fraction of sp³-hybridized carbons (Fsp3) is 0.500. The number of amides is 1.